The van der Waals surface area contributed by atoms with Gasteiger partial charge in [-0.2, -0.15) is 4.98 Å². The maximum absolute atomic E-state index is 5.65. The Labute approximate surface area is 111 Å². The van der Waals surface area contributed by atoms with Crippen molar-refractivity contribution >= 4 is 5.95 Å². The molecule has 0 spiro atoms. The van der Waals surface area contributed by atoms with Crippen LogP contribution in [0.2, 0.25) is 0 Å². The van der Waals surface area contributed by atoms with Crippen LogP contribution in [0.3, 0.4) is 0 Å². The molecule has 100 valence electrons. The molecule has 1 aromatic heterocycles. The fraction of sp³-hybridized carbons (Fsp3) is 0.231. The van der Waals surface area contributed by atoms with E-state index in [1.165, 1.54) is 7.11 Å². The summed E-state index contributed by atoms with van der Waals surface area (Å²) in [6, 6.07) is 7.14. The van der Waals surface area contributed by atoms with E-state index in [1.54, 1.807) is 26.4 Å². The average molecular weight is 261 g/mol. The van der Waals surface area contributed by atoms with Crippen LogP contribution in [0.5, 0.6) is 17.4 Å². The zero-order valence-corrected chi connectivity index (χ0v) is 11.0. The van der Waals surface area contributed by atoms with Gasteiger partial charge >= 0.3 is 0 Å². The summed E-state index contributed by atoms with van der Waals surface area (Å²) in [5, 5.41) is 0. The Bertz CT molecular complexity index is 587. The van der Waals surface area contributed by atoms with Gasteiger partial charge in [-0.05, 0) is 12.1 Å². The van der Waals surface area contributed by atoms with Crippen LogP contribution in [0.1, 0.15) is 0 Å². The molecule has 0 aliphatic heterocycles. The van der Waals surface area contributed by atoms with E-state index in [9.17, 15) is 0 Å². The number of ether oxygens (including phenoxy) is 3. The molecular formula is C13H15N3O3. The van der Waals surface area contributed by atoms with Crippen molar-refractivity contribution in [3.05, 3.63) is 24.3 Å². The van der Waals surface area contributed by atoms with Crippen LogP contribution >= 0.6 is 0 Å². The van der Waals surface area contributed by atoms with Gasteiger partial charge in [0.1, 0.15) is 11.5 Å². The topological polar surface area (TPSA) is 79.5 Å². The highest BCUT2D eigenvalue weighted by Crippen LogP contribution is 2.33. The smallest absolute Gasteiger partial charge is 0.223 e. The molecule has 0 fully saturated rings. The van der Waals surface area contributed by atoms with Gasteiger partial charge in [-0.15, -0.1) is 0 Å². The van der Waals surface area contributed by atoms with Crippen LogP contribution < -0.4 is 19.9 Å². The second kappa shape index (κ2) is 5.43. The van der Waals surface area contributed by atoms with Crippen molar-refractivity contribution in [1.29, 1.82) is 0 Å². The monoisotopic (exact) mass is 261 g/mol. The summed E-state index contributed by atoms with van der Waals surface area (Å²) in [7, 11) is 4.71. The van der Waals surface area contributed by atoms with Gasteiger partial charge in [-0.3, -0.25) is 0 Å². The first-order chi connectivity index (χ1) is 9.17. The van der Waals surface area contributed by atoms with Crippen molar-refractivity contribution in [3.63, 3.8) is 0 Å². The first kappa shape index (κ1) is 12.9. The molecule has 0 amide bonds. The van der Waals surface area contributed by atoms with Gasteiger partial charge in [0.05, 0.1) is 27.0 Å². The molecule has 0 aliphatic rings. The first-order valence-corrected chi connectivity index (χ1v) is 5.59. The van der Waals surface area contributed by atoms with E-state index in [0.717, 1.165) is 5.56 Å². The van der Waals surface area contributed by atoms with Gasteiger partial charge in [-0.25, -0.2) is 4.98 Å². The zero-order valence-electron chi connectivity index (χ0n) is 11.0. The van der Waals surface area contributed by atoms with E-state index in [4.69, 9.17) is 19.9 Å². The Kier molecular flexibility index (Phi) is 3.70. The lowest BCUT2D eigenvalue weighted by molar-refractivity contribution is 0.394. The standard InChI is InChI=1S/C13H15N3O3/c1-17-8-4-5-9(11(6-8)18-2)10-7-12(19-3)16-13(14)15-10/h4-7H,1-3H3,(H2,14,15,16). The maximum Gasteiger partial charge on any atom is 0.223 e. The molecule has 6 heteroatoms. The molecule has 1 aromatic carbocycles. The third-order valence-corrected chi connectivity index (χ3v) is 2.61. The molecule has 0 aliphatic carbocycles. The molecule has 2 N–H and O–H groups in total. The lowest BCUT2D eigenvalue weighted by Crippen LogP contribution is -2.00. The van der Waals surface area contributed by atoms with Crippen LogP contribution in [0.25, 0.3) is 11.3 Å². The Morgan fingerprint density at radius 1 is 0.947 bits per heavy atom. The number of hydrogen-bond acceptors (Lipinski definition) is 6. The van der Waals surface area contributed by atoms with Gasteiger partial charge in [-0.1, -0.05) is 0 Å². The predicted octanol–water partition coefficient (Wildman–Crippen LogP) is 1.75. The molecule has 0 bridgehead atoms. The zero-order chi connectivity index (χ0) is 13.8. The summed E-state index contributed by atoms with van der Waals surface area (Å²) < 4.78 is 15.6. The lowest BCUT2D eigenvalue weighted by atomic mass is 10.1. The fourth-order valence-electron chi connectivity index (χ4n) is 1.70. The van der Waals surface area contributed by atoms with Crippen molar-refractivity contribution in [3.8, 4) is 28.6 Å². The summed E-state index contributed by atoms with van der Waals surface area (Å²) in [5.74, 6) is 1.89. The number of nitrogens with zero attached hydrogens (tertiary/aromatic N) is 2. The molecule has 2 aromatic rings. The summed E-state index contributed by atoms with van der Waals surface area (Å²) in [6.45, 7) is 0. The number of nitrogen functional groups attached to an aromatic ring is 1. The summed E-state index contributed by atoms with van der Waals surface area (Å²) in [5.41, 5.74) is 7.07. The molecule has 0 saturated heterocycles. The van der Waals surface area contributed by atoms with E-state index in [-0.39, 0.29) is 5.95 Å². The van der Waals surface area contributed by atoms with Gasteiger partial charge in [0.25, 0.3) is 0 Å². The molecule has 0 atom stereocenters. The number of anilines is 1. The maximum atomic E-state index is 5.65. The SMILES string of the molecule is COc1ccc(-c2cc(OC)nc(N)n2)c(OC)c1. The van der Waals surface area contributed by atoms with Gasteiger partial charge in [0, 0.05) is 17.7 Å². The van der Waals surface area contributed by atoms with Crippen molar-refractivity contribution < 1.29 is 14.2 Å². The predicted molar refractivity (Wildman–Crippen MR) is 71.5 cm³/mol. The Morgan fingerprint density at radius 2 is 1.74 bits per heavy atom. The minimum atomic E-state index is 0.146. The number of rotatable bonds is 4. The minimum absolute atomic E-state index is 0.146. The highest BCUT2D eigenvalue weighted by atomic mass is 16.5. The normalized spacial score (nSPS) is 10.1. The Balaban J connectivity index is 2.54. The number of hydrogen-bond donors (Lipinski definition) is 1. The number of methoxy groups -OCH3 is 3. The average Bonchev–Trinajstić information content (AvgIpc) is 2.45. The Hall–Kier alpha value is -2.50. The van der Waals surface area contributed by atoms with E-state index in [0.29, 0.717) is 23.1 Å². The van der Waals surface area contributed by atoms with Gasteiger partial charge < -0.3 is 19.9 Å². The molecule has 0 radical (unpaired) electrons. The highest BCUT2D eigenvalue weighted by Gasteiger charge is 2.11. The van der Waals surface area contributed by atoms with E-state index in [2.05, 4.69) is 9.97 Å². The molecule has 1 heterocycles. The molecule has 19 heavy (non-hydrogen) atoms. The van der Waals surface area contributed by atoms with Crippen LogP contribution in [0.15, 0.2) is 24.3 Å². The van der Waals surface area contributed by atoms with E-state index >= 15 is 0 Å². The summed E-state index contributed by atoms with van der Waals surface area (Å²) in [4.78, 5) is 8.13. The van der Waals surface area contributed by atoms with Crippen molar-refractivity contribution in [1.82, 2.24) is 9.97 Å². The third kappa shape index (κ3) is 2.67. The fourth-order valence-corrected chi connectivity index (χ4v) is 1.70. The summed E-state index contributed by atoms with van der Waals surface area (Å²) in [6.07, 6.45) is 0. The molecule has 0 unspecified atom stereocenters. The lowest BCUT2D eigenvalue weighted by Gasteiger charge is -2.11. The van der Waals surface area contributed by atoms with E-state index in [1.807, 2.05) is 12.1 Å². The van der Waals surface area contributed by atoms with Crippen molar-refractivity contribution in [2.24, 2.45) is 0 Å². The largest absolute Gasteiger partial charge is 0.497 e. The number of aromatic nitrogens is 2. The minimum Gasteiger partial charge on any atom is -0.497 e. The molecular weight excluding hydrogens is 246 g/mol. The van der Waals surface area contributed by atoms with Crippen LogP contribution in [0, 0.1) is 0 Å². The first-order valence-electron chi connectivity index (χ1n) is 5.59. The number of nitrogens with two attached hydrogens (primary N) is 1. The second-order valence-electron chi connectivity index (χ2n) is 3.72. The highest BCUT2D eigenvalue weighted by molar-refractivity contribution is 5.69. The number of benzene rings is 1. The molecule has 6 nitrogen and oxygen atoms in total. The molecule has 0 saturated carbocycles. The Morgan fingerprint density at radius 3 is 2.37 bits per heavy atom. The van der Waals surface area contributed by atoms with E-state index < -0.39 is 0 Å². The quantitative estimate of drug-likeness (QED) is 0.903. The van der Waals surface area contributed by atoms with Crippen molar-refractivity contribution in [2.75, 3.05) is 27.1 Å². The van der Waals surface area contributed by atoms with Gasteiger partial charge in [0.2, 0.25) is 11.8 Å². The second-order valence-corrected chi connectivity index (χ2v) is 3.72. The van der Waals surface area contributed by atoms with Crippen LogP contribution in [0.4, 0.5) is 5.95 Å². The van der Waals surface area contributed by atoms with Gasteiger partial charge in [0.15, 0.2) is 0 Å². The van der Waals surface area contributed by atoms with Crippen molar-refractivity contribution in [2.45, 2.75) is 0 Å². The van der Waals surface area contributed by atoms with Crippen LogP contribution in [-0.4, -0.2) is 31.3 Å². The summed E-state index contributed by atoms with van der Waals surface area (Å²) >= 11 is 0. The molecule has 2 rings (SSSR count). The third-order valence-electron chi connectivity index (χ3n) is 2.61. The van der Waals surface area contributed by atoms with Crippen LogP contribution in [-0.2, 0) is 0 Å².